The van der Waals surface area contributed by atoms with Crippen LogP contribution >= 0.6 is 0 Å². The van der Waals surface area contributed by atoms with E-state index in [0.717, 1.165) is 12.5 Å². The van der Waals surface area contributed by atoms with Crippen LogP contribution in [0, 0.1) is 17.2 Å². The molecule has 3 heteroatoms. The maximum atomic E-state index is 7.10. The van der Waals surface area contributed by atoms with Crippen molar-refractivity contribution < 1.29 is 4.74 Å². The largest absolute Gasteiger partial charge is 0.387 e. The smallest absolute Gasteiger partial charge is 0.0957 e. The summed E-state index contributed by atoms with van der Waals surface area (Å²) < 4.78 is 5.36. The minimum Gasteiger partial charge on any atom is -0.387 e. The van der Waals surface area contributed by atoms with Crippen LogP contribution in [0.5, 0.6) is 0 Å². The Hall–Kier alpha value is -0.570. The molecular formula is C8H16N2O. The van der Waals surface area contributed by atoms with Gasteiger partial charge in [-0.1, -0.05) is 6.92 Å². The highest BCUT2D eigenvalue weighted by atomic mass is 16.5. The predicted molar refractivity (Wildman–Crippen MR) is 44.6 cm³/mol. The molecule has 1 rings (SSSR count). The minimum atomic E-state index is 0.0775. The summed E-state index contributed by atoms with van der Waals surface area (Å²) in [7, 11) is 0. The first kappa shape index (κ1) is 8.53. The van der Waals surface area contributed by atoms with Crippen LogP contribution in [0.2, 0.25) is 0 Å². The molecule has 1 aliphatic rings. The summed E-state index contributed by atoms with van der Waals surface area (Å²) in [6.45, 7) is 3.37. The van der Waals surface area contributed by atoms with Gasteiger partial charge in [-0.15, -0.1) is 0 Å². The number of ether oxygens (including phenoxy) is 1. The summed E-state index contributed by atoms with van der Waals surface area (Å²) in [6, 6.07) is 0. The fourth-order valence-electron chi connectivity index (χ4n) is 0.786. The Labute approximate surface area is 67.4 Å². The Balaban J connectivity index is 1.96. The van der Waals surface area contributed by atoms with Crippen LogP contribution in [0.1, 0.15) is 19.8 Å². The molecule has 0 aromatic rings. The fourth-order valence-corrected chi connectivity index (χ4v) is 0.786. The Bertz CT molecular complexity index is 143. The van der Waals surface area contributed by atoms with Crippen LogP contribution in [-0.2, 0) is 4.74 Å². The van der Waals surface area contributed by atoms with E-state index in [1.165, 1.54) is 12.8 Å². The van der Waals surface area contributed by atoms with Gasteiger partial charge in [0.2, 0.25) is 0 Å². The van der Waals surface area contributed by atoms with Gasteiger partial charge in [0.05, 0.1) is 12.4 Å². The lowest BCUT2D eigenvalue weighted by atomic mass is 10.2. The first-order chi connectivity index (χ1) is 5.20. The van der Waals surface area contributed by atoms with Crippen LogP contribution in [0.25, 0.3) is 0 Å². The van der Waals surface area contributed by atoms with Crippen LogP contribution in [0.15, 0.2) is 0 Å². The van der Waals surface area contributed by atoms with Gasteiger partial charge in [0.15, 0.2) is 0 Å². The number of nitrogens with two attached hydrogens (primary N) is 1. The van der Waals surface area contributed by atoms with E-state index in [4.69, 9.17) is 15.9 Å². The maximum absolute atomic E-state index is 7.10. The van der Waals surface area contributed by atoms with Gasteiger partial charge in [0.25, 0.3) is 0 Å². The zero-order valence-corrected chi connectivity index (χ0v) is 6.97. The van der Waals surface area contributed by atoms with E-state index in [1.54, 1.807) is 0 Å². The van der Waals surface area contributed by atoms with Gasteiger partial charge in [-0.3, -0.25) is 5.41 Å². The number of rotatable bonds is 5. The van der Waals surface area contributed by atoms with Crippen molar-refractivity contribution in [2.75, 3.05) is 13.2 Å². The van der Waals surface area contributed by atoms with E-state index in [2.05, 4.69) is 0 Å². The molecule has 0 radical (unpaired) electrons. The summed E-state index contributed by atoms with van der Waals surface area (Å²) in [4.78, 5) is 0. The molecule has 3 N–H and O–H groups in total. The van der Waals surface area contributed by atoms with E-state index in [1.807, 2.05) is 6.92 Å². The first-order valence-corrected chi connectivity index (χ1v) is 4.12. The van der Waals surface area contributed by atoms with E-state index in [0.29, 0.717) is 6.61 Å². The Kier molecular flexibility index (Phi) is 2.88. The molecule has 0 bridgehead atoms. The molecule has 0 aliphatic heterocycles. The molecule has 1 atom stereocenters. The first-order valence-electron chi connectivity index (χ1n) is 4.12. The Morgan fingerprint density at radius 3 is 2.82 bits per heavy atom. The molecule has 1 saturated carbocycles. The highest BCUT2D eigenvalue weighted by Gasteiger charge is 2.21. The lowest BCUT2D eigenvalue weighted by molar-refractivity contribution is 0.111. The summed E-state index contributed by atoms with van der Waals surface area (Å²) in [5.41, 5.74) is 5.27. The number of hydrogen-bond donors (Lipinski definition) is 2. The lowest BCUT2D eigenvalue weighted by Crippen LogP contribution is -2.24. The molecule has 11 heavy (non-hydrogen) atoms. The second-order valence-corrected chi connectivity index (χ2v) is 3.34. The normalized spacial score (nSPS) is 19.7. The zero-order chi connectivity index (χ0) is 8.27. The third-order valence-electron chi connectivity index (χ3n) is 1.95. The standard InChI is InChI=1S/C8H16N2O/c1-6(8(9)10)4-11-5-7-2-3-7/h6-7H,2-5H2,1H3,(H3,9,10). The van der Waals surface area contributed by atoms with Gasteiger partial charge in [-0.2, -0.15) is 0 Å². The summed E-state index contributed by atoms with van der Waals surface area (Å²) in [5.74, 6) is 1.10. The van der Waals surface area contributed by atoms with Crippen molar-refractivity contribution >= 4 is 5.84 Å². The average molecular weight is 156 g/mol. The van der Waals surface area contributed by atoms with Crippen molar-refractivity contribution in [1.82, 2.24) is 0 Å². The molecule has 1 unspecified atom stereocenters. The van der Waals surface area contributed by atoms with Crippen LogP contribution < -0.4 is 5.73 Å². The molecule has 0 spiro atoms. The molecule has 0 amide bonds. The van der Waals surface area contributed by atoms with Crippen molar-refractivity contribution in [3.63, 3.8) is 0 Å². The van der Waals surface area contributed by atoms with Crippen molar-refractivity contribution in [3.05, 3.63) is 0 Å². The molecule has 0 saturated heterocycles. The SMILES string of the molecule is CC(COCC1CC1)C(=N)N. The molecule has 0 heterocycles. The number of nitrogens with one attached hydrogen (secondary N) is 1. The zero-order valence-electron chi connectivity index (χ0n) is 6.97. The van der Waals surface area contributed by atoms with Gasteiger partial charge >= 0.3 is 0 Å². The lowest BCUT2D eigenvalue weighted by Gasteiger charge is -2.09. The highest BCUT2D eigenvalue weighted by molar-refractivity contribution is 5.79. The van der Waals surface area contributed by atoms with Crippen molar-refractivity contribution in [1.29, 1.82) is 5.41 Å². The summed E-state index contributed by atoms with van der Waals surface area (Å²) in [5, 5.41) is 7.10. The van der Waals surface area contributed by atoms with Crippen molar-refractivity contribution in [3.8, 4) is 0 Å². The molecule has 1 aliphatic carbocycles. The molecule has 0 aromatic carbocycles. The van der Waals surface area contributed by atoms with Crippen LogP contribution in [0.4, 0.5) is 0 Å². The molecular weight excluding hydrogens is 140 g/mol. The second kappa shape index (κ2) is 3.72. The van der Waals surface area contributed by atoms with Crippen LogP contribution in [0.3, 0.4) is 0 Å². The van der Waals surface area contributed by atoms with E-state index in [-0.39, 0.29) is 11.8 Å². The Morgan fingerprint density at radius 1 is 1.73 bits per heavy atom. The molecule has 0 aromatic heterocycles. The molecule has 1 fully saturated rings. The third-order valence-corrected chi connectivity index (χ3v) is 1.95. The van der Waals surface area contributed by atoms with Gasteiger partial charge in [0.1, 0.15) is 0 Å². The number of hydrogen-bond acceptors (Lipinski definition) is 2. The number of amidine groups is 1. The van der Waals surface area contributed by atoms with Gasteiger partial charge < -0.3 is 10.5 Å². The molecule has 64 valence electrons. The van der Waals surface area contributed by atoms with Gasteiger partial charge in [-0.05, 0) is 18.8 Å². The minimum absolute atomic E-state index is 0.0775. The van der Waals surface area contributed by atoms with E-state index >= 15 is 0 Å². The van der Waals surface area contributed by atoms with Crippen molar-refractivity contribution in [2.45, 2.75) is 19.8 Å². The second-order valence-electron chi connectivity index (χ2n) is 3.34. The quantitative estimate of drug-likeness (QED) is 0.460. The molecule has 3 nitrogen and oxygen atoms in total. The van der Waals surface area contributed by atoms with Gasteiger partial charge in [-0.25, -0.2) is 0 Å². The van der Waals surface area contributed by atoms with E-state index in [9.17, 15) is 0 Å². The monoisotopic (exact) mass is 156 g/mol. The van der Waals surface area contributed by atoms with Crippen LogP contribution in [-0.4, -0.2) is 19.0 Å². The van der Waals surface area contributed by atoms with Crippen molar-refractivity contribution in [2.24, 2.45) is 17.6 Å². The topological polar surface area (TPSA) is 59.1 Å². The average Bonchev–Trinajstić information content (AvgIpc) is 2.71. The van der Waals surface area contributed by atoms with E-state index < -0.39 is 0 Å². The maximum Gasteiger partial charge on any atom is 0.0957 e. The third kappa shape index (κ3) is 3.37. The summed E-state index contributed by atoms with van der Waals surface area (Å²) in [6.07, 6.45) is 2.63. The highest BCUT2D eigenvalue weighted by Crippen LogP contribution is 2.28. The fraction of sp³-hybridized carbons (Fsp3) is 0.875. The Morgan fingerprint density at radius 2 is 2.36 bits per heavy atom. The predicted octanol–water partition coefficient (Wildman–Crippen LogP) is 0.985. The summed E-state index contributed by atoms with van der Waals surface area (Å²) >= 11 is 0. The van der Waals surface area contributed by atoms with Gasteiger partial charge in [0, 0.05) is 12.5 Å².